The van der Waals surface area contributed by atoms with E-state index in [9.17, 15) is 9.90 Å². The Balaban J connectivity index is 1.99. The highest BCUT2D eigenvalue weighted by Crippen LogP contribution is 2.23. The van der Waals surface area contributed by atoms with Crippen LogP contribution in [-0.4, -0.2) is 43.9 Å². The number of carbonyl (C=O) groups excluding carboxylic acids is 1. The normalized spacial score (nSPS) is 22.3. The molecule has 1 heterocycles. The van der Waals surface area contributed by atoms with Crippen LogP contribution in [0.3, 0.4) is 0 Å². The van der Waals surface area contributed by atoms with Gasteiger partial charge in [-0.2, -0.15) is 0 Å². The van der Waals surface area contributed by atoms with Gasteiger partial charge in [-0.3, -0.25) is 4.79 Å². The second kappa shape index (κ2) is 6.23. The van der Waals surface area contributed by atoms with E-state index < -0.39 is 6.10 Å². The molecule has 0 spiro atoms. The van der Waals surface area contributed by atoms with Crippen LogP contribution < -0.4 is 15.4 Å². The van der Waals surface area contributed by atoms with E-state index in [2.05, 4.69) is 10.6 Å². The first-order valence-corrected chi connectivity index (χ1v) is 6.50. The number of aliphatic hydroxyl groups excluding tert-OH is 1. The molecule has 3 N–H and O–H groups in total. The van der Waals surface area contributed by atoms with Gasteiger partial charge in [0.2, 0.25) is 0 Å². The highest BCUT2D eigenvalue weighted by Gasteiger charge is 2.25. The van der Waals surface area contributed by atoms with Gasteiger partial charge in [0, 0.05) is 30.6 Å². The maximum absolute atomic E-state index is 12.1. The lowest BCUT2D eigenvalue weighted by atomic mass is 10.1. The zero-order chi connectivity index (χ0) is 13.8. The summed E-state index contributed by atoms with van der Waals surface area (Å²) in [5, 5.41) is 16.0. The summed E-state index contributed by atoms with van der Waals surface area (Å²) in [5.74, 6) is 0.255. The van der Waals surface area contributed by atoms with Gasteiger partial charge >= 0.3 is 0 Å². The first kappa shape index (κ1) is 14.1. The quantitative estimate of drug-likeness (QED) is 0.760. The van der Waals surface area contributed by atoms with Crippen LogP contribution in [0, 0.1) is 5.92 Å². The Morgan fingerprint density at radius 3 is 3.00 bits per heavy atom. The fourth-order valence-electron chi connectivity index (χ4n) is 2.10. The minimum atomic E-state index is -0.410. The molecule has 0 saturated carbocycles. The van der Waals surface area contributed by atoms with Crippen molar-refractivity contribution in [1.29, 1.82) is 0 Å². The fraction of sp³-hybridized carbons (Fsp3) is 0.462. The number of ether oxygens (including phenoxy) is 1. The van der Waals surface area contributed by atoms with E-state index in [1.807, 2.05) is 0 Å². The third kappa shape index (κ3) is 3.37. The second-order valence-corrected chi connectivity index (χ2v) is 4.98. The van der Waals surface area contributed by atoms with Gasteiger partial charge in [-0.25, -0.2) is 0 Å². The standard InChI is InChI=1S/C13H17ClN2O3/c1-19-12-4-9(14)2-3-10(12)13(18)16-6-8-5-15-7-11(8)17/h2-4,8,11,15,17H,5-7H2,1H3,(H,16,18). The first-order valence-electron chi connectivity index (χ1n) is 6.12. The van der Waals surface area contributed by atoms with E-state index in [-0.39, 0.29) is 11.8 Å². The van der Waals surface area contributed by atoms with Crippen molar-refractivity contribution in [3.8, 4) is 5.75 Å². The average Bonchev–Trinajstić information content (AvgIpc) is 2.81. The summed E-state index contributed by atoms with van der Waals surface area (Å²) in [4.78, 5) is 12.1. The van der Waals surface area contributed by atoms with E-state index in [0.29, 0.717) is 36.0 Å². The predicted octanol–water partition coefficient (Wildman–Crippen LogP) is 0.659. The topological polar surface area (TPSA) is 70.6 Å². The first-order chi connectivity index (χ1) is 9.11. The molecular formula is C13H17ClN2O3. The molecule has 1 saturated heterocycles. The van der Waals surface area contributed by atoms with Crippen LogP contribution in [-0.2, 0) is 0 Å². The number of β-amino-alcohol motifs (C(OH)–C–C–N with tert-alkyl or cyclic N) is 1. The fourth-order valence-corrected chi connectivity index (χ4v) is 2.26. The molecule has 1 aliphatic rings. The van der Waals surface area contributed by atoms with Gasteiger partial charge in [0.1, 0.15) is 5.75 Å². The van der Waals surface area contributed by atoms with Gasteiger partial charge in [0.25, 0.3) is 5.91 Å². The van der Waals surface area contributed by atoms with E-state index in [4.69, 9.17) is 16.3 Å². The molecule has 1 amide bonds. The lowest BCUT2D eigenvalue weighted by Gasteiger charge is -2.15. The van der Waals surface area contributed by atoms with E-state index >= 15 is 0 Å². The number of carbonyl (C=O) groups is 1. The minimum Gasteiger partial charge on any atom is -0.496 e. The molecule has 0 aromatic heterocycles. The van der Waals surface area contributed by atoms with Crippen LogP contribution in [0.2, 0.25) is 5.02 Å². The van der Waals surface area contributed by atoms with Gasteiger partial charge < -0.3 is 20.5 Å². The summed E-state index contributed by atoms with van der Waals surface area (Å²) in [6.45, 7) is 1.71. The molecular weight excluding hydrogens is 268 g/mol. The van der Waals surface area contributed by atoms with E-state index in [0.717, 1.165) is 0 Å². The molecule has 0 bridgehead atoms. The summed E-state index contributed by atoms with van der Waals surface area (Å²) >= 11 is 5.85. The van der Waals surface area contributed by atoms with Crippen molar-refractivity contribution >= 4 is 17.5 Å². The SMILES string of the molecule is COc1cc(Cl)ccc1C(=O)NCC1CNCC1O. The molecule has 19 heavy (non-hydrogen) atoms. The Morgan fingerprint density at radius 2 is 2.37 bits per heavy atom. The molecule has 1 aliphatic heterocycles. The van der Waals surface area contributed by atoms with Crippen LogP contribution in [0.25, 0.3) is 0 Å². The molecule has 5 nitrogen and oxygen atoms in total. The predicted molar refractivity (Wildman–Crippen MR) is 72.7 cm³/mol. The molecule has 0 aliphatic carbocycles. The van der Waals surface area contributed by atoms with Crippen molar-refractivity contribution in [2.24, 2.45) is 5.92 Å². The highest BCUT2D eigenvalue weighted by molar-refractivity contribution is 6.30. The molecule has 104 valence electrons. The van der Waals surface area contributed by atoms with E-state index in [1.54, 1.807) is 18.2 Å². The second-order valence-electron chi connectivity index (χ2n) is 4.54. The maximum Gasteiger partial charge on any atom is 0.255 e. The zero-order valence-electron chi connectivity index (χ0n) is 10.6. The smallest absolute Gasteiger partial charge is 0.255 e. The summed E-state index contributed by atoms with van der Waals surface area (Å²) in [6, 6.07) is 4.87. The summed E-state index contributed by atoms with van der Waals surface area (Å²) in [7, 11) is 1.49. The highest BCUT2D eigenvalue weighted by atomic mass is 35.5. The summed E-state index contributed by atoms with van der Waals surface area (Å²) in [5.41, 5.74) is 0.437. The van der Waals surface area contributed by atoms with Crippen molar-refractivity contribution in [3.63, 3.8) is 0 Å². The Hall–Kier alpha value is -1.30. The number of amides is 1. The summed E-state index contributed by atoms with van der Waals surface area (Å²) < 4.78 is 5.13. The largest absolute Gasteiger partial charge is 0.496 e. The lowest BCUT2D eigenvalue weighted by molar-refractivity contribution is 0.0924. The number of hydrogen-bond acceptors (Lipinski definition) is 4. The molecule has 2 rings (SSSR count). The number of aliphatic hydroxyl groups is 1. The number of hydrogen-bond donors (Lipinski definition) is 3. The molecule has 1 fully saturated rings. The van der Waals surface area contributed by atoms with E-state index in [1.165, 1.54) is 7.11 Å². The monoisotopic (exact) mass is 284 g/mol. The van der Waals surface area contributed by atoms with Gasteiger partial charge in [-0.1, -0.05) is 11.6 Å². The van der Waals surface area contributed by atoms with Crippen molar-refractivity contribution in [3.05, 3.63) is 28.8 Å². The Labute approximate surface area is 116 Å². The van der Waals surface area contributed by atoms with Crippen molar-refractivity contribution in [1.82, 2.24) is 10.6 Å². The molecule has 2 atom stereocenters. The number of methoxy groups -OCH3 is 1. The minimum absolute atomic E-state index is 0.0437. The average molecular weight is 285 g/mol. The van der Waals surface area contributed by atoms with Crippen LogP contribution in [0.4, 0.5) is 0 Å². The van der Waals surface area contributed by atoms with Crippen LogP contribution >= 0.6 is 11.6 Å². The molecule has 1 aromatic rings. The zero-order valence-corrected chi connectivity index (χ0v) is 11.4. The third-order valence-corrected chi connectivity index (χ3v) is 3.47. The van der Waals surface area contributed by atoms with Gasteiger partial charge in [0.05, 0.1) is 18.8 Å². The number of rotatable bonds is 4. The maximum atomic E-state index is 12.1. The number of nitrogens with one attached hydrogen (secondary N) is 2. The molecule has 2 unspecified atom stereocenters. The van der Waals surface area contributed by atoms with Crippen LogP contribution in [0.15, 0.2) is 18.2 Å². The Morgan fingerprint density at radius 1 is 1.58 bits per heavy atom. The summed E-state index contributed by atoms with van der Waals surface area (Å²) in [6.07, 6.45) is -0.410. The van der Waals surface area contributed by atoms with Crippen molar-refractivity contribution in [2.45, 2.75) is 6.10 Å². The van der Waals surface area contributed by atoms with Gasteiger partial charge in [-0.05, 0) is 18.2 Å². The van der Waals surface area contributed by atoms with Crippen LogP contribution in [0.1, 0.15) is 10.4 Å². The van der Waals surface area contributed by atoms with Gasteiger partial charge in [0.15, 0.2) is 0 Å². The Bertz CT molecular complexity index is 467. The molecule has 6 heteroatoms. The number of halogens is 1. The third-order valence-electron chi connectivity index (χ3n) is 3.24. The molecule has 0 radical (unpaired) electrons. The lowest BCUT2D eigenvalue weighted by Crippen LogP contribution is -2.34. The molecule has 1 aromatic carbocycles. The van der Waals surface area contributed by atoms with Crippen molar-refractivity contribution in [2.75, 3.05) is 26.7 Å². The van der Waals surface area contributed by atoms with Crippen molar-refractivity contribution < 1.29 is 14.6 Å². The van der Waals surface area contributed by atoms with Gasteiger partial charge in [-0.15, -0.1) is 0 Å². The Kier molecular flexibility index (Phi) is 4.63. The number of benzene rings is 1. The van der Waals surface area contributed by atoms with Crippen LogP contribution in [0.5, 0.6) is 5.75 Å².